The Hall–Kier alpha value is -1.95. The average molecular weight is 294 g/mol. The summed E-state index contributed by atoms with van der Waals surface area (Å²) in [4.78, 5) is 22.0. The van der Waals surface area contributed by atoms with Gasteiger partial charge in [-0.25, -0.2) is 4.39 Å². The fraction of sp³-hybridized carbons (Fsp3) is 0.467. The van der Waals surface area contributed by atoms with Gasteiger partial charge in [-0.05, 0) is 36.5 Å². The molecule has 0 saturated heterocycles. The molecule has 1 fully saturated rings. The number of rotatable bonds is 7. The minimum absolute atomic E-state index is 0.00470. The Balaban J connectivity index is 1.92. The van der Waals surface area contributed by atoms with Gasteiger partial charge in [0.25, 0.3) is 0 Å². The molecule has 21 heavy (non-hydrogen) atoms. The van der Waals surface area contributed by atoms with Crippen LogP contribution in [0.25, 0.3) is 0 Å². The summed E-state index contributed by atoms with van der Waals surface area (Å²) in [7, 11) is 0. The Morgan fingerprint density at radius 3 is 2.43 bits per heavy atom. The number of halogens is 1. The minimum atomic E-state index is -1.07. The first kappa shape index (κ1) is 15.4. The third-order valence-electron chi connectivity index (χ3n) is 3.77. The van der Waals surface area contributed by atoms with Gasteiger partial charge in [0, 0.05) is 6.04 Å². The molecule has 1 aromatic carbocycles. The summed E-state index contributed by atoms with van der Waals surface area (Å²) < 4.78 is 13.0. The first-order valence-electron chi connectivity index (χ1n) is 7.03. The van der Waals surface area contributed by atoms with Crippen molar-refractivity contribution in [3.63, 3.8) is 0 Å². The van der Waals surface area contributed by atoms with E-state index >= 15 is 0 Å². The third-order valence-corrected chi connectivity index (χ3v) is 3.77. The molecule has 6 heteroatoms. The van der Waals surface area contributed by atoms with Crippen LogP contribution in [0.15, 0.2) is 24.3 Å². The average Bonchev–Trinajstić information content (AvgIpc) is 2.40. The minimum Gasteiger partial charge on any atom is -0.480 e. The highest BCUT2D eigenvalue weighted by Crippen LogP contribution is 2.37. The number of benzene rings is 1. The van der Waals surface area contributed by atoms with Crippen LogP contribution in [0.2, 0.25) is 0 Å². The molecule has 0 aromatic heterocycles. The number of carboxylic acid groups (broad SMARTS) is 1. The van der Waals surface area contributed by atoms with Crippen molar-refractivity contribution < 1.29 is 19.1 Å². The monoisotopic (exact) mass is 294 g/mol. The van der Waals surface area contributed by atoms with E-state index in [1.165, 1.54) is 12.1 Å². The molecule has 0 heterocycles. The molecule has 1 amide bonds. The van der Waals surface area contributed by atoms with Crippen molar-refractivity contribution in [3.8, 4) is 0 Å². The number of carbonyl (C=O) groups excluding carboxylic acids is 1. The largest absolute Gasteiger partial charge is 0.480 e. The van der Waals surface area contributed by atoms with Crippen LogP contribution in [0.3, 0.4) is 0 Å². The van der Waals surface area contributed by atoms with E-state index in [4.69, 9.17) is 5.11 Å². The first-order valence-corrected chi connectivity index (χ1v) is 7.03. The summed E-state index contributed by atoms with van der Waals surface area (Å²) in [6.07, 6.45) is 3.31. The summed E-state index contributed by atoms with van der Waals surface area (Å²) in [6.45, 7) is -0.336. The van der Waals surface area contributed by atoms with Gasteiger partial charge in [0.1, 0.15) is 12.4 Å². The van der Waals surface area contributed by atoms with E-state index in [-0.39, 0.29) is 30.9 Å². The molecular formula is C15H19FN2O3. The van der Waals surface area contributed by atoms with Gasteiger partial charge >= 0.3 is 5.97 Å². The van der Waals surface area contributed by atoms with Gasteiger partial charge in [0.2, 0.25) is 5.91 Å². The van der Waals surface area contributed by atoms with Crippen molar-refractivity contribution in [2.75, 3.05) is 13.1 Å². The molecule has 5 nitrogen and oxygen atoms in total. The zero-order valence-corrected chi connectivity index (χ0v) is 11.6. The van der Waals surface area contributed by atoms with Gasteiger partial charge in [-0.2, -0.15) is 0 Å². The Morgan fingerprint density at radius 2 is 1.90 bits per heavy atom. The fourth-order valence-electron chi connectivity index (χ4n) is 2.44. The molecule has 0 bridgehead atoms. The summed E-state index contributed by atoms with van der Waals surface area (Å²) in [5, 5.41) is 14.0. The zero-order valence-electron chi connectivity index (χ0n) is 11.6. The van der Waals surface area contributed by atoms with E-state index in [0.717, 1.165) is 24.8 Å². The molecule has 1 aromatic rings. The van der Waals surface area contributed by atoms with Crippen LogP contribution in [-0.4, -0.2) is 30.1 Å². The lowest BCUT2D eigenvalue weighted by atomic mass is 9.77. The maximum atomic E-state index is 13.0. The predicted octanol–water partition coefficient (Wildman–Crippen LogP) is 1.46. The Labute approximate surface area is 122 Å². The number of carbonyl (C=O) groups is 2. The van der Waals surface area contributed by atoms with Crippen LogP contribution in [0.1, 0.15) is 30.9 Å². The molecule has 3 N–H and O–H groups in total. The summed E-state index contributed by atoms with van der Waals surface area (Å²) in [5.41, 5.74) is 0.951. The molecule has 2 rings (SSSR count). The van der Waals surface area contributed by atoms with E-state index in [2.05, 4.69) is 10.6 Å². The number of carboxylic acids is 1. The highest BCUT2D eigenvalue weighted by atomic mass is 19.1. The van der Waals surface area contributed by atoms with E-state index < -0.39 is 5.97 Å². The highest BCUT2D eigenvalue weighted by molar-refractivity contribution is 5.82. The SMILES string of the molecule is O=C(O)CNC(=O)CNC(c1ccc(F)cc1)C1CCC1. The zero-order chi connectivity index (χ0) is 15.2. The van der Waals surface area contributed by atoms with E-state index in [1.54, 1.807) is 12.1 Å². The quantitative estimate of drug-likeness (QED) is 0.711. The van der Waals surface area contributed by atoms with E-state index in [0.29, 0.717) is 5.92 Å². The number of hydrogen-bond acceptors (Lipinski definition) is 3. The van der Waals surface area contributed by atoms with Crippen LogP contribution in [-0.2, 0) is 9.59 Å². The van der Waals surface area contributed by atoms with Crippen molar-refractivity contribution >= 4 is 11.9 Å². The molecule has 0 aliphatic heterocycles. The van der Waals surface area contributed by atoms with E-state index in [9.17, 15) is 14.0 Å². The lowest BCUT2D eigenvalue weighted by Crippen LogP contribution is -2.41. The number of amides is 1. The fourth-order valence-corrected chi connectivity index (χ4v) is 2.44. The van der Waals surface area contributed by atoms with Gasteiger partial charge in [-0.15, -0.1) is 0 Å². The number of aliphatic carboxylic acids is 1. The third kappa shape index (κ3) is 4.53. The second-order valence-corrected chi connectivity index (χ2v) is 5.27. The van der Waals surface area contributed by atoms with Gasteiger partial charge in [0.15, 0.2) is 0 Å². The molecule has 114 valence electrons. The van der Waals surface area contributed by atoms with Crippen LogP contribution < -0.4 is 10.6 Å². The standard InChI is InChI=1S/C15H19FN2O3/c16-12-6-4-11(5-7-12)15(10-2-1-3-10)18-8-13(19)17-9-14(20)21/h4-7,10,15,18H,1-3,8-9H2,(H,17,19)(H,20,21). The second-order valence-electron chi connectivity index (χ2n) is 5.27. The molecule has 0 radical (unpaired) electrons. The number of nitrogens with one attached hydrogen (secondary N) is 2. The Bertz CT molecular complexity index is 500. The summed E-state index contributed by atoms with van der Waals surface area (Å²) in [5.74, 6) is -1.28. The summed E-state index contributed by atoms with van der Waals surface area (Å²) >= 11 is 0. The van der Waals surface area contributed by atoms with Gasteiger partial charge in [-0.3, -0.25) is 9.59 Å². The predicted molar refractivity (Wildman–Crippen MR) is 75.1 cm³/mol. The van der Waals surface area contributed by atoms with Crippen LogP contribution in [0, 0.1) is 11.7 Å². The molecule has 0 spiro atoms. The van der Waals surface area contributed by atoms with E-state index in [1.807, 2.05) is 0 Å². The van der Waals surface area contributed by atoms with Crippen molar-refractivity contribution in [3.05, 3.63) is 35.6 Å². The van der Waals surface area contributed by atoms with Crippen LogP contribution in [0.4, 0.5) is 4.39 Å². The van der Waals surface area contributed by atoms with Gasteiger partial charge in [-0.1, -0.05) is 18.6 Å². The molecule has 1 aliphatic rings. The van der Waals surface area contributed by atoms with Crippen LogP contribution >= 0.6 is 0 Å². The van der Waals surface area contributed by atoms with Crippen molar-refractivity contribution in [2.45, 2.75) is 25.3 Å². The Kier molecular flexibility index (Phi) is 5.27. The van der Waals surface area contributed by atoms with Gasteiger partial charge in [0.05, 0.1) is 6.54 Å². The second kappa shape index (κ2) is 7.17. The van der Waals surface area contributed by atoms with Crippen molar-refractivity contribution in [1.29, 1.82) is 0 Å². The molecule has 1 saturated carbocycles. The molecule has 1 aliphatic carbocycles. The highest BCUT2D eigenvalue weighted by Gasteiger charge is 2.28. The lowest BCUT2D eigenvalue weighted by molar-refractivity contribution is -0.137. The molecular weight excluding hydrogens is 275 g/mol. The normalized spacial score (nSPS) is 16.0. The van der Waals surface area contributed by atoms with Crippen molar-refractivity contribution in [1.82, 2.24) is 10.6 Å². The Morgan fingerprint density at radius 1 is 1.24 bits per heavy atom. The maximum absolute atomic E-state index is 13.0. The molecule has 1 unspecified atom stereocenters. The first-order chi connectivity index (χ1) is 10.1. The van der Waals surface area contributed by atoms with Gasteiger partial charge < -0.3 is 15.7 Å². The molecule has 1 atom stereocenters. The van der Waals surface area contributed by atoms with Crippen molar-refractivity contribution in [2.24, 2.45) is 5.92 Å². The number of hydrogen-bond donors (Lipinski definition) is 3. The lowest BCUT2D eigenvalue weighted by Gasteiger charge is -2.34. The summed E-state index contributed by atoms with van der Waals surface area (Å²) in [6, 6.07) is 6.26. The topological polar surface area (TPSA) is 78.4 Å². The smallest absolute Gasteiger partial charge is 0.322 e. The maximum Gasteiger partial charge on any atom is 0.322 e. The van der Waals surface area contributed by atoms with Crippen LogP contribution in [0.5, 0.6) is 0 Å².